The number of hydrogen-bond donors (Lipinski definition) is 0. The molecule has 1 aliphatic heterocycles. The SMILES string of the molecule is O=C(CCC(=O)N1CCN(C(=O)Cc2cccs2)CC1)c1cccs1. The highest BCUT2D eigenvalue weighted by atomic mass is 32.1. The van der Waals surface area contributed by atoms with E-state index >= 15 is 0 Å². The summed E-state index contributed by atoms with van der Waals surface area (Å²) in [6.45, 7) is 2.22. The van der Waals surface area contributed by atoms with E-state index in [1.54, 1.807) is 22.3 Å². The van der Waals surface area contributed by atoms with E-state index in [0.29, 0.717) is 37.5 Å². The van der Waals surface area contributed by atoms with Crippen LogP contribution in [0.5, 0.6) is 0 Å². The number of Topliss-reactive ketones (excluding diaryl/α,β-unsaturated/α-hetero) is 1. The molecular weight excluding hydrogens is 356 g/mol. The molecule has 0 saturated carbocycles. The summed E-state index contributed by atoms with van der Waals surface area (Å²) in [7, 11) is 0. The van der Waals surface area contributed by atoms with Gasteiger partial charge in [-0.2, -0.15) is 0 Å². The first-order valence-electron chi connectivity index (χ1n) is 8.28. The number of carbonyl (C=O) groups is 3. The van der Waals surface area contributed by atoms with Crippen LogP contribution in [0.25, 0.3) is 0 Å². The normalized spacial score (nSPS) is 14.6. The van der Waals surface area contributed by atoms with Crippen molar-refractivity contribution in [2.45, 2.75) is 19.3 Å². The molecule has 0 spiro atoms. The van der Waals surface area contributed by atoms with Gasteiger partial charge in [0.2, 0.25) is 11.8 Å². The van der Waals surface area contributed by atoms with E-state index in [1.807, 2.05) is 33.9 Å². The van der Waals surface area contributed by atoms with Crippen molar-refractivity contribution < 1.29 is 14.4 Å². The van der Waals surface area contributed by atoms with Crippen LogP contribution in [0.1, 0.15) is 27.4 Å². The van der Waals surface area contributed by atoms with Gasteiger partial charge in [-0.15, -0.1) is 22.7 Å². The Kier molecular flexibility index (Phi) is 5.99. The zero-order valence-corrected chi connectivity index (χ0v) is 15.5. The minimum atomic E-state index is -0.00439. The largest absolute Gasteiger partial charge is 0.339 e. The van der Waals surface area contributed by atoms with Crippen LogP contribution in [-0.2, 0) is 16.0 Å². The Hall–Kier alpha value is -1.99. The fraction of sp³-hybridized carbons (Fsp3) is 0.389. The molecule has 0 aliphatic carbocycles. The Balaban J connectivity index is 1.41. The van der Waals surface area contributed by atoms with Gasteiger partial charge in [-0.3, -0.25) is 14.4 Å². The predicted octanol–water partition coefficient (Wildman–Crippen LogP) is 2.69. The van der Waals surface area contributed by atoms with Gasteiger partial charge in [0, 0.05) is 43.9 Å². The lowest BCUT2D eigenvalue weighted by Gasteiger charge is -2.34. The van der Waals surface area contributed by atoms with Gasteiger partial charge in [0.15, 0.2) is 5.78 Å². The highest BCUT2D eigenvalue weighted by molar-refractivity contribution is 7.12. The van der Waals surface area contributed by atoms with Crippen molar-refractivity contribution in [1.82, 2.24) is 9.80 Å². The summed E-state index contributed by atoms with van der Waals surface area (Å²) < 4.78 is 0. The third kappa shape index (κ3) is 4.76. The highest BCUT2D eigenvalue weighted by Crippen LogP contribution is 2.15. The molecule has 2 aromatic heterocycles. The van der Waals surface area contributed by atoms with Crippen LogP contribution in [0.3, 0.4) is 0 Å². The van der Waals surface area contributed by atoms with Gasteiger partial charge in [-0.1, -0.05) is 12.1 Å². The third-order valence-electron chi connectivity index (χ3n) is 4.25. The summed E-state index contributed by atoms with van der Waals surface area (Å²) in [6.07, 6.45) is 0.914. The second-order valence-corrected chi connectivity index (χ2v) is 7.90. The molecule has 1 saturated heterocycles. The second kappa shape index (κ2) is 8.40. The Morgan fingerprint density at radius 1 is 0.840 bits per heavy atom. The summed E-state index contributed by atoms with van der Waals surface area (Å²) in [6, 6.07) is 7.54. The highest BCUT2D eigenvalue weighted by Gasteiger charge is 2.24. The van der Waals surface area contributed by atoms with Gasteiger partial charge in [-0.05, 0) is 22.9 Å². The molecule has 1 fully saturated rings. The van der Waals surface area contributed by atoms with Crippen molar-refractivity contribution in [3.05, 3.63) is 44.8 Å². The summed E-state index contributed by atoms with van der Waals surface area (Å²) in [5, 5.41) is 3.83. The summed E-state index contributed by atoms with van der Waals surface area (Å²) in [4.78, 5) is 41.9. The van der Waals surface area contributed by atoms with Crippen molar-refractivity contribution in [1.29, 1.82) is 0 Å². The Morgan fingerprint density at radius 2 is 1.48 bits per heavy atom. The number of rotatable bonds is 6. The Morgan fingerprint density at radius 3 is 2.08 bits per heavy atom. The molecule has 0 bridgehead atoms. The molecule has 132 valence electrons. The van der Waals surface area contributed by atoms with Gasteiger partial charge in [0.1, 0.15) is 0 Å². The number of amides is 2. The number of thiophene rings is 2. The number of hydrogen-bond acceptors (Lipinski definition) is 5. The molecule has 0 N–H and O–H groups in total. The van der Waals surface area contributed by atoms with Crippen molar-refractivity contribution in [2.75, 3.05) is 26.2 Å². The monoisotopic (exact) mass is 376 g/mol. The summed E-state index contributed by atoms with van der Waals surface area (Å²) in [5.74, 6) is 0.130. The molecule has 5 nitrogen and oxygen atoms in total. The maximum atomic E-state index is 12.3. The number of carbonyl (C=O) groups excluding carboxylic acids is 3. The van der Waals surface area contributed by atoms with Crippen LogP contribution >= 0.6 is 22.7 Å². The van der Waals surface area contributed by atoms with Crippen molar-refractivity contribution >= 4 is 40.3 Å². The van der Waals surface area contributed by atoms with Crippen LogP contribution in [0, 0.1) is 0 Å². The fourth-order valence-electron chi connectivity index (χ4n) is 2.82. The molecule has 1 aliphatic rings. The van der Waals surface area contributed by atoms with E-state index in [4.69, 9.17) is 0 Å². The van der Waals surface area contributed by atoms with Gasteiger partial charge >= 0.3 is 0 Å². The van der Waals surface area contributed by atoms with Gasteiger partial charge in [0.25, 0.3) is 0 Å². The molecule has 0 atom stereocenters. The van der Waals surface area contributed by atoms with E-state index in [-0.39, 0.29) is 30.4 Å². The first kappa shape index (κ1) is 17.8. The molecule has 3 heterocycles. The summed E-state index contributed by atoms with van der Waals surface area (Å²) >= 11 is 2.99. The van der Waals surface area contributed by atoms with Crippen LogP contribution in [0.2, 0.25) is 0 Å². The smallest absolute Gasteiger partial charge is 0.227 e. The van der Waals surface area contributed by atoms with E-state index in [9.17, 15) is 14.4 Å². The van der Waals surface area contributed by atoms with Crippen LogP contribution < -0.4 is 0 Å². The van der Waals surface area contributed by atoms with Crippen molar-refractivity contribution in [3.8, 4) is 0 Å². The first-order valence-corrected chi connectivity index (χ1v) is 10.0. The zero-order valence-electron chi connectivity index (χ0n) is 13.8. The van der Waals surface area contributed by atoms with Gasteiger partial charge < -0.3 is 9.80 Å². The Bertz CT molecular complexity index is 718. The predicted molar refractivity (Wildman–Crippen MR) is 99.1 cm³/mol. The Labute approximate surface area is 154 Å². The zero-order chi connectivity index (χ0) is 17.6. The molecular formula is C18H20N2O3S2. The molecule has 25 heavy (non-hydrogen) atoms. The van der Waals surface area contributed by atoms with E-state index in [0.717, 1.165) is 4.88 Å². The molecule has 2 amide bonds. The van der Waals surface area contributed by atoms with E-state index < -0.39 is 0 Å². The van der Waals surface area contributed by atoms with Crippen LogP contribution in [0.15, 0.2) is 35.0 Å². The topological polar surface area (TPSA) is 57.7 Å². The average Bonchev–Trinajstić information content (AvgIpc) is 3.33. The standard InChI is InChI=1S/C18H20N2O3S2/c21-15(16-4-2-12-25-16)5-6-17(22)19-7-9-20(10-8-19)18(23)13-14-3-1-11-24-14/h1-4,11-12H,5-10,13H2. The van der Waals surface area contributed by atoms with E-state index in [2.05, 4.69) is 0 Å². The lowest BCUT2D eigenvalue weighted by atomic mass is 10.1. The number of ketones is 1. The quantitative estimate of drug-likeness (QED) is 0.729. The lowest BCUT2D eigenvalue weighted by Crippen LogP contribution is -2.51. The van der Waals surface area contributed by atoms with Crippen LogP contribution in [-0.4, -0.2) is 53.6 Å². The maximum Gasteiger partial charge on any atom is 0.227 e. The molecule has 0 aromatic carbocycles. The average molecular weight is 377 g/mol. The van der Waals surface area contributed by atoms with Crippen LogP contribution in [0.4, 0.5) is 0 Å². The minimum Gasteiger partial charge on any atom is -0.339 e. The summed E-state index contributed by atoms with van der Waals surface area (Å²) in [5.41, 5.74) is 0. The third-order valence-corrected chi connectivity index (χ3v) is 6.04. The number of nitrogens with zero attached hydrogens (tertiary/aromatic N) is 2. The van der Waals surface area contributed by atoms with E-state index in [1.165, 1.54) is 11.3 Å². The van der Waals surface area contributed by atoms with Crippen molar-refractivity contribution in [2.24, 2.45) is 0 Å². The fourth-order valence-corrected chi connectivity index (χ4v) is 4.21. The van der Waals surface area contributed by atoms with Gasteiger partial charge in [-0.25, -0.2) is 0 Å². The lowest BCUT2D eigenvalue weighted by molar-refractivity contribution is -0.139. The van der Waals surface area contributed by atoms with Gasteiger partial charge in [0.05, 0.1) is 11.3 Å². The molecule has 0 unspecified atom stereocenters. The molecule has 2 aromatic rings. The first-order chi connectivity index (χ1) is 12.1. The van der Waals surface area contributed by atoms with Crippen molar-refractivity contribution in [3.63, 3.8) is 0 Å². The maximum absolute atomic E-state index is 12.3. The minimum absolute atomic E-state index is 0.00439. The molecule has 3 rings (SSSR count). The molecule has 0 radical (unpaired) electrons. The number of piperazine rings is 1. The molecule has 7 heteroatoms. The second-order valence-electron chi connectivity index (χ2n) is 5.92.